The van der Waals surface area contributed by atoms with Gasteiger partial charge in [-0.1, -0.05) is 11.6 Å². The molecule has 2 saturated heterocycles. The molecule has 2 aliphatic rings. The zero-order valence-corrected chi connectivity index (χ0v) is 13.1. The highest BCUT2D eigenvalue weighted by Crippen LogP contribution is 2.27. The topological polar surface area (TPSA) is 35.6 Å². The van der Waals surface area contributed by atoms with Gasteiger partial charge in [-0.05, 0) is 18.2 Å². The van der Waals surface area contributed by atoms with Gasteiger partial charge in [0.15, 0.2) is 0 Å². The molecular weight excluding hydrogens is 316 g/mol. The lowest BCUT2D eigenvalue weighted by atomic mass is 10.0. The number of hydrogen-bond donors (Lipinski definition) is 1. The van der Waals surface area contributed by atoms with Crippen LogP contribution >= 0.6 is 24.0 Å². The zero-order valence-electron chi connectivity index (χ0n) is 11.5. The molecule has 21 heavy (non-hydrogen) atoms. The van der Waals surface area contributed by atoms with Crippen molar-refractivity contribution in [2.45, 2.75) is 0 Å². The van der Waals surface area contributed by atoms with E-state index in [2.05, 4.69) is 10.2 Å². The van der Waals surface area contributed by atoms with Gasteiger partial charge in [0, 0.05) is 39.3 Å². The van der Waals surface area contributed by atoms with E-state index in [1.165, 1.54) is 12.1 Å². The lowest BCUT2D eigenvalue weighted by molar-refractivity contribution is -0.137. The number of rotatable bonds is 2. The predicted molar refractivity (Wildman–Crippen MR) is 83.8 cm³/mol. The second kappa shape index (κ2) is 6.81. The van der Waals surface area contributed by atoms with Gasteiger partial charge in [-0.2, -0.15) is 0 Å². The molecule has 0 bridgehead atoms. The van der Waals surface area contributed by atoms with Crippen LogP contribution in [0.25, 0.3) is 0 Å². The number of anilines is 1. The van der Waals surface area contributed by atoms with E-state index in [0.717, 1.165) is 31.9 Å². The quantitative estimate of drug-likeness (QED) is 0.895. The minimum Gasteiger partial charge on any atom is -0.367 e. The molecule has 0 aromatic heterocycles. The number of carbonyl (C=O) groups excluding carboxylic acids is 1. The zero-order chi connectivity index (χ0) is 14.1. The first-order valence-corrected chi connectivity index (χ1v) is 7.22. The minimum atomic E-state index is -0.329. The number of benzene rings is 1. The molecule has 7 heteroatoms. The molecule has 4 nitrogen and oxygen atoms in total. The van der Waals surface area contributed by atoms with Crippen molar-refractivity contribution in [3.05, 3.63) is 29.0 Å². The number of carbonyl (C=O) groups is 1. The van der Waals surface area contributed by atoms with Crippen molar-refractivity contribution in [2.24, 2.45) is 5.92 Å². The number of halogens is 3. The van der Waals surface area contributed by atoms with Crippen LogP contribution in [0.4, 0.5) is 10.1 Å². The maximum absolute atomic E-state index is 13.1. The van der Waals surface area contributed by atoms with E-state index in [1.54, 1.807) is 6.07 Å². The monoisotopic (exact) mass is 333 g/mol. The van der Waals surface area contributed by atoms with Crippen LogP contribution in [-0.2, 0) is 4.79 Å². The van der Waals surface area contributed by atoms with Gasteiger partial charge in [0.2, 0.25) is 5.91 Å². The molecule has 1 N–H and O–H groups in total. The number of nitrogens with zero attached hydrogens (tertiary/aromatic N) is 2. The van der Waals surface area contributed by atoms with Crippen LogP contribution in [0.5, 0.6) is 0 Å². The Morgan fingerprint density at radius 1 is 1.24 bits per heavy atom. The van der Waals surface area contributed by atoms with E-state index < -0.39 is 0 Å². The predicted octanol–water partition coefficient (Wildman–Crippen LogP) is 1.77. The van der Waals surface area contributed by atoms with Crippen LogP contribution in [0.3, 0.4) is 0 Å². The number of piperazine rings is 1. The summed E-state index contributed by atoms with van der Waals surface area (Å²) in [6.07, 6.45) is 0. The van der Waals surface area contributed by atoms with Crippen molar-refractivity contribution >= 4 is 35.6 Å². The fraction of sp³-hybridized carbons (Fsp3) is 0.500. The van der Waals surface area contributed by atoms with E-state index in [-0.39, 0.29) is 30.0 Å². The van der Waals surface area contributed by atoms with Gasteiger partial charge >= 0.3 is 0 Å². The molecule has 0 unspecified atom stereocenters. The Kier molecular flexibility index (Phi) is 5.30. The summed E-state index contributed by atoms with van der Waals surface area (Å²) in [5.74, 6) is 0.0645. The molecule has 1 aromatic carbocycles. The molecule has 2 aliphatic heterocycles. The smallest absolute Gasteiger partial charge is 0.228 e. The Bertz CT molecular complexity index is 517. The highest BCUT2D eigenvalue weighted by molar-refractivity contribution is 6.33. The second-order valence-electron chi connectivity index (χ2n) is 5.26. The van der Waals surface area contributed by atoms with Gasteiger partial charge in [0.1, 0.15) is 5.82 Å². The van der Waals surface area contributed by atoms with Crippen LogP contribution in [0, 0.1) is 11.7 Å². The third-order valence-corrected chi connectivity index (χ3v) is 4.28. The van der Waals surface area contributed by atoms with Gasteiger partial charge in [0.25, 0.3) is 0 Å². The third-order valence-electron chi connectivity index (χ3n) is 3.97. The highest BCUT2D eigenvalue weighted by atomic mass is 35.5. The lowest BCUT2D eigenvalue weighted by Gasteiger charge is -2.39. The van der Waals surface area contributed by atoms with Gasteiger partial charge in [0.05, 0.1) is 16.6 Å². The van der Waals surface area contributed by atoms with Crippen LogP contribution in [0.15, 0.2) is 18.2 Å². The van der Waals surface area contributed by atoms with E-state index in [4.69, 9.17) is 11.6 Å². The summed E-state index contributed by atoms with van der Waals surface area (Å²) in [5.41, 5.74) is 0.838. The van der Waals surface area contributed by atoms with E-state index >= 15 is 0 Å². The first kappa shape index (κ1) is 16.3. The molecule has 116 valence electrons. The Morgan fingerprint density at radius 2 is 1.90 bits per heavy atom. The van der Waals surface area contributed by atoms with Crippen molar-refractivity contribution in [1.82, 2.24) is 10.2 Å². The molecule has 0 radical (unpaired) electrons. The Labute approximate surface area is 134 Å². The van der Waals surface area contributed by atoms with Crippen molar-refractivity contribution in [2.75, 3.05) is 44.2 Å². The number of nitrogens with one attached hydrogen (secondary N) is 1. The Hall–Kier alpha value is -1.04. The Morgan fingerprint density at radius 3 is 2.43 bits per heavy atom. The molecule has 2 heterocycles. The lowest BCUT2D eigenvalue weighted by Crippen LogP contribution is -2.56. The van der Waals surface area contributed by atoms with Crippen LogP contribution in [0.2, 0.25) is 5.02 Å². The molecule has 1 aromatic rings. The summed E-state index contributed by atoms with van der Waals surface area (Å²) in [4.78, 5) is 16.1. The molecule has 0 saturated carbocycles. The standard InChI is InChI=1S/C14H17ClFN3O.ClH/c15-12-7-11(16)1-2-13(12)18-3-5-19(6-4-18)14(20)10-8-17-9-10;/h1-2,7,10,17H,3-6,8-9H2;1H. The van der Waals surface area contributed by atoms with Gasteiger partial charge in [-0.3, -0.25) is 4.79 Å². The van der Waals surface area contributed by atoms with Crippen LogP contribution in [-0.4, -0.2) is 50.1 Å². The fourth-order valence-corrected chi connectivity index (χ4v) is 2.91. The maximum Gasteiger partial charge on any atom is 0.228 e. The normalized spacial score (nSPS) is 19.0. The summed E-state index contributed by atoms with van der Waals surface area (Å²) in [6, 6.07) is 4.44. The van der Waals surface area contributed by atoms with Crippen LogP contribution in [0.1, 0.15) is 0 Å². The summed E-state index contributed by atoms with van der Waals surface area (Å²) in [6.45, 7) is 4.45. The van der Waals surface area contributed by atoms with E-state index in [0.29, 0.717) is 18.1 Å². The van der Waals surface area contributed by atoms with Crippen molar-refractivity contribution in [1.29, 1.82) is 0 Å². The molecular formula is C14H18Cl2FN3O. The van der Waals surface area contributed by atoms with Gasteiger partial charge in [-0.25, -0.2) is 4.39 Å². The summed E-state index contributed by atoms with van der Waals surface area (Å²) in [7, 11) is 0. The van der Waals surface area contributed by atoms with E-state index in [9.17, 15) is 9.18 Å². The summed E-state index contributed by atoms with van der Waals surface area (Å²) < 4.78 is 13.1. The van der Waals surface area contributed by atoms with Crippen molar-refractivity contribution in [3.63, 3.8) is 0 Å². The number of hydrogen-bond acceptors (Lipinski definition) is 3. The first-order valence-electron chi connectivity index (χ1n) is 6.84. The maximum atomic E-state index is 13.1. The second-order valence-corrected chi connectivity index (χ2v) is 5.67. The van der Waals surface area contributed by atoms with Gasteiger partial charge < -0.3 is 15.1 Å². The molecule has 2 fully saturated rings. The van der Waals surface area contributed by atoms with E-state index in [1.807, 2.05) is 4.90 Å². The molecule has 1 amide bonds. The average Bonchev–Trinajstić information content (AvgIpc) is 2.37. The molecule has 0 atom stereocenters. The van der Waals surface area contributed by atoms with Crippen molar-refractivity contribution in [3.8, 4) is 0 Å². The first-order chi connectivity index (χ1) is 9.65. The van der Waals surface area contributed by atoms with Gasteiger partial charge in [-0.15, -0.1) is 12.4 Å². The largest absolute Gasteiger partial charge is 0.367 e. The summed E-state index contributed by atoms with van der Waals surface area (Å²) in [5, 5.41) is 3.54. The highest BCUT2D eigenvalue weighted by Gasteiger charge is 2.31. The molecule has 0 aliphatic carbocycles. The Balaban J connectivity index is 0.00000161. The third kappa shape index (κ3) is 3.42. The van der Waals surface area contributed by atoms with Crippen molar-refractivity contribution < 1.29 is 9.18 Å². The SMILES string of the molecule is Cl.O=C(C1CNC1)N1CCN(c2ccc(F)cc2Cl)CC1. The van der Waals surface area contributed by atoms with Crippen LogP contribution < -0.4 is 10.2 Å². The summed E-state index contributed by atoms with van der Waals surface area (Å²) >= 11 is 6.07. The molecule has 0 spiro atoms. The number of amides is 1. The fourth-order valence-electron chi connectivity index (χ4n) is 2.63. The molecule has 3 rings (SSSR count). The average molecular weight is 334 g/mol. The minimum absolute atomic E-state index is 0.